The summed E-state index contributed by atoms with van der Waals surface area (Å²) in [6, 6.07) is 0. The summed E-state index contributed by atoms with van der Waals surface area (Å²) in [5, 5.41) is 0. The highest BCUT2D eigenvalue weighted by molar-refractivity contribution is 7.86. The molecular weight excluding hydrogens is 300 g/mol. The fourth-order valence-corrected chi connectivity index (χ4v) is 4.80. The first-order valence-corrected chi connectivity index (χ1v) is 8.85. The SMILES string of the molecule is O=S(=O)(N1CCn2ccnc2C1)N1CCCC(CCl)C1. The van der Waals surface area contributed by atoms with Crippen LogP contribution >= 0.6 is 11.6 Å². The second-order valence-electron chi connectivity index (χ2n) is 5.40. The Balaban J connectivity index is 1.75. The summed E-state index contributed by atoms with van der Waals surface area (Å²) in [6.07, 6.45) is 5.51. The predicted octanol–water partition coefficient (Wildman–Crippen LogP) is 0.894. The van der Waals surface area contributed by atoms with Crippen LogP contribution in [0.15, 0.2) is 12.4 Å². The normalized spacial score (nSPS) is 25.6. The van der Waals surface area contributed by atoms with E-state index < -0.39 is 10.2 Å². The summed E-state index contributed by atoms with van der Waals surface area (Å²) in [4.78, 5) is 4.21. The van der Waals surface area contributed by atoms with Gasteiger partial charge in [0.2, 0.25) is 0 Å². The molecule has 0 amide bonds. The lowest BCUT2D eigenvalue weighted by Crippen LogP contribution is -2.50. The molecule has 1 fully saturated rings. The molecule has 0 spiro atoms. The number of piperidine rings is 1. The summed E-state index contributed by atoms with van der Waals surface area (Å²) >= 11 is 5.89. The molecular formula is C12H19ClN4O2S. The van der Waals surface area contributed by atoms with Crippen LogP contribution in [-0.4, -0.2) is 52.1 Å². The molecule has 0 aromatic carbocycles. The maximum atomic E-state index is 12.7. The minimum Gasteiger partial charge on any atom is -0.333 e. The zero-order valence-corrected chi connectivity index (χ0v) is 12.9. The van der Waals surface area contributed by atoms with Gasteiger partial charge in [-0.3, -0.25) is 0 Å². The van der Waals surface area contributed by atoms with E-state index in [0.717, 1.165) is 18.7 Å². The number of alkyl halides is 1. The third-order valence-corrected chi connectivity index (χ3v) is 6.45. The molecule has 0 N–H and O–H groups in total. The second kappa shape index (κ2) is 5.63. The van der Waals surface area contributed by atoms with Crippen molar-refractivity contribution in [3.63, 3.8) is 0 Å². The van der Waals surface area contributed by atoms with E-state index in [-0.39, 0.29) is 5.92 Å². The lowest BCUT2D eigenvalue weighted by atomic mass is 10.0. The van der Waals surface area contributed by atoms with E-state index in [9.17, 15) is 8.42 Å². The van der Waals surface area contributed by atoms with E-state index in [0.29, 0.717) is 38.6 Å². The number of hydrogen-bond acceptors (Lipinski definition) is 3. The van der Waals surface area contributed by atoms with Gasteiger partial charge in [0.1, 0.15) is 5.82 Å². The van der Waals surface area contributed by atoms with Crippen LogP contribution in [0.25, 0.3) is 0 Å². The fraction of sp³-hybridized carbons (Fsp3) is 0.750. The standard InChI is InChI=1S/C12H19ClN4O2S/c13-8-11-2-1-4-16(9-11)20(18,19)17-7-6-15-5-3-14-12(15)10-17/h3,5,11H,1-2,4,6-10H2. The maximum Gasteiger partial charge on any atom is 0.282 e. The van der Waals surface area contributed by atoms with Crippen LogP contribution < -0.4 is 0 Å². The minimum absolute atomic E-state index is 0.270. The molecule has 0 bridgehead atoms. The van der Waals surface area contributed by atoms with Crippen LogP contribution in [0.5, 0.6) is 0 Å². The number of imidazole rings is 1. The number of hydrogen-bond donors (Lipinski definition) is 0. The minimum atomic E-state index is -3.39. The zero-order chi connectivity index (χ0) is 14.2. The molecule has 2 aliphatic rings. The highest BCUT2D eigenvalue weighted by Gasteiger charge is 2.35. The molecule has 0 aliphatic carbocycles. The molecule has 2 aliphatic heterocycles. The maximum absolute atomic E-state index is 12.7. The van der Waals surface area contributed by atoms with Crippen molar-refractivity contribution >= 4 is 21.8 Å². The summed E-state index contributed by atoms with van der Waals surface area (Å²) < 4.78 is 30.5. The van der Waals surface area contributed by atoms with Crippen LogP contribution in [0.3, 0.4) is 0 Å². The van der Waals surface area contributed by atoms with E-state index in [4.69, 9.17) is 11.6 Å². The Kier molecular flexibility index (Phi) is 4.03. The van der Waals surface area contributed by atoms with Gasteiger partial charge in [-0.2, -0.15) is 17.0 Å². The van der Waals surface area contributed by atoms with Crippen molar-refractivity contribution < 1.29 is 8.42 Å². The highest BCUT2D eigenvalue weighted by Crippen LogP contribution is 2.24. The van der Waals surface area contributed by atoms with Crippen molar-refractivity contribution in [3.8, 4) is 0 Å². The van der Waals surface area contributed by atoms with Crippen LogP contribution in [0.1, 0.15) is 18.7 Å². The van der Waals surface area contributed by atoms with Crippen molar-refractivity contribution in [3.05, 3.63) is 18.2 Å². The van der Waals surface area contributed by atoms with Crippen LogP contribution in [0.2, 0.25) is 0 Å². The van der Waals surface area contributed by atoms with E-state index in [1.54, 1.807) is 10.5 Å². The van der Waals surface area contributed by atoms with Gasteiger partial charge in [-0.15, -0.1) is 11.6 Å². The summed E-state index contributed by atoms with van der Waals surface area (Å²) in [6.45, 7) is 2.67. The van der Waals surface area contributed by atoms with Gasteiger partial charge < -0.3 is 4.57 Å². The molecule has 112 valence electrons. The first kappa shape index (κ1) is 14.3. The Morgan fingerprint density at radius 3 is 2.95 bits per heavy atom. The molecule has 0 radical (unpaired) electrons. The Bertz CT molecular complexity index is 574. The molecule has 3 heterocycles. The molecule has 3 rings (SSSR count). The quantitative estimate of drug-likeness (QED) is 0.778. The van der Waals surface area contributed by atoms with Gasteiger partial charge in [-0.1, -0.05) is 0 Å². The van der Waals surface area contributed by atoms with Gasteiger partial charge in [-0.05, 0) is 18.8 Å². The van der Waals surface area contributed by atoms with E-state index in [2.05, 4.69) is 4.98 Å². The molecule has 1 aromatic rings. The molecule has 0 saturated carbocycles. The van der Waals surface area contributed by atoms with E-state index >= 15 is 0 Å². The highest BCUT2D eigenvalue weighted by atomic mass is 35.5. The van der Waals surface area contributed by atoms with Crippen molar-refractivity contribution in [2.75, 3.05) is 25.5 Å². The van der Waals surface area contributed by atoms with Crippen molar-refractivity contribution in [1.82, 2.24) is 18.2 Å². The monoisotopic (exact) mass is 318 g/mol. The summed E-state index contributed by atoms with van der Waals surface area (Å²) in [5.74, 6) is 1.61. The molecule has 1 saturated heterocycles. The first-order chi connectivity index (χ1) is 9.61. The molecule has 1 unspecified atom stereocenters. The number of halogens is 1. The average Bonchev–Trinajstić information content (AvgIpc) is 2.94. The van der Waals surface area contributed by atoms with Gasteiger partial charge >= 0.3 is 0 Å². The summed E-state index contributed by atoms with van der Waals surface area (Å²) in [7, 11) is -3.39. The average molecular weight is 319 g/mol. The first-order valence-electron chi connectivity index (χ1n) is 6.92. The molecule has 1 aromatic heterocycles. The predicted molar refractivity (Wildman–Crippen MR) is 76.6 cm³/mol. The Hall–Kier alpha value is -0.630. The van der Waals surface area contributed by atoms with Crippen molar-refractivity contribution in [2.24, 2.45) is 5.92 Å². The van der Waals surface area contributed by atoms with E-state index in [1.807, 2.05) is 10.8 Å². The smallest absolute Gasteiger partial charge is 0.282 e. The van der Waals surface area contributed by atoms with E-state index in [1.165, 1.54) is 4.31 Å². The van der Waals surface area contributed by atoms with Crippen LogP contribution in [0, 0.1) is 5.92 Å². The molecule has 20 heavy (non-hydrogen) atoms. The van der Waals surface area contributed by atoms with Crippen LogP contribution in [-0.2, 0) is 23.3 Å². The largest absolute Gasteiger partial charge is 0.333 e. The Morgan fingerprint density at radius 1 is 1.30 bits per heavy atom. The topological polar surface area (TPSA) is 58.4 Å². The third-order valence-electron chi connectivity index (χ3n) is 4.06. The van der Waals surface area contributed by atoms with Crippen molar-refractivity contribution in [1.29, 1.82) is 0 Å². The zero-order valence-electron chi connectivity index (χ0n) is 11.3. The van der Waals surface area contributed by atoms with Crippen molar-refractivity contribution in [2.45, 2.75) is 25.9 Å². The van der Waals surface area contributed by atoms with Crippen LogP contribution in [0.4, 0.5) is 0 Å². The van der Waals surface area contributed by atoms with Gasteiger partial charge in [0.15, 0.2) is 0 Å². The number of nitrogens with zero attached hydrogens (tertiary/aromatic N) is 4. The molecule has 8 heteroatoms. The summed E-state index contributed by atoms with van der Waals surface area (Å²) in [5.41, 5.74) is 0. The van der Waals surface area contributed by atoms with Gasteiger partial charge in [-0.25, -0.2) is 4.98 Å². The number of fused-ring (bicyclic) bond motifs is 1. The van der Waals surface area contributed by atoms with Gasteiger partial charge in [0, 0.05) is 44.5 Å². The molecule has 1 atom stereocenters. The third kappa shape index (κ3) is 2.59. The number of aromatic nitrogens is 2. The Labute approximate surface area is 124 Å². The van der Waals surface area contributed by atoms with Gasteiger partial charge in [0.25, 0.3) is 10.2 Å². The Morgan fingerprint density at radius 2 is 2.15 bits per heavy atom. The van der Waals surface area contributed by atoms with Gasteiger partial charge in [0.05, 0.1) is 6.54 Å². The fourth-order valence-electron chi connectivity index (χ4n) is 2.87. The lowest BCUT2D eigenvalue weighted by molar-refractivity contribution is 0.245. The molecule has 6 nitrogen and oxygen atoms in total. The number of rotatable bonds is 3. The lowest BCUT2D eigenvalue weighted by Gasteiger charge is -2.36. The second-order valence-corrected chi connectivity index (χ2v) is 7.64.